The Hall–Kier alpha value is 0.123. The number of hydrogen-bond donors (Lipinski definition) is 0. The molecule has 0 saturated heterocycles. The second-order valence-corrected chi connectivity index (χ2v) is 0.618. The van der Waals surface area contributed by atoms with Gasteiger partial charge in [-0.1, -0.05) is 0 Å². The summed E-state index contributed by atoms with van der Waals surface area (Å²) < 4.78 is 4.42. The summed E-state index contributed by atoms with van der Waals surface area (Å²) in [4.78, 5) is 3.43. The minimum absolute atomic E-state index is 0.847. The van der Waals surface area contributed by atoms with Crippen LogP contribution < -0.4 is 0 Å². The Morgan fingerprint density at radius 2 is 2.43 bits per heavy atom. The molecule has 0 aliphatic carbocycles. The van der Waals surface area contributed by atoms with Crippen LogP contribution in [-0.2, 0) is 17.3 Å². The zero-order valence-corrected chi connectivity index (χ0v) is 7.32. The van der Waals surface area contributed by atoms with E-state index in [-0.39, 0.29) is 0 Å². The van der Waals surface area contributed by atoms with E-state index in [0.29, 0.717) is 0 Å². The maximum absolute atomic E-state index is 4.76. The topological polar surface area (TPSA) is 26.0 Å². The smallest absolute Gasteiger partial charge is 0.0217 e. The summed E-state index contributed by atoms with van der Waals surface area (Å²) in [6, 6.07) is 0. The van der Waals surface area contributed by atoms with Gasteiger partial charge in [-0.3, -0.25) is 0 Å². The largest absolute Gasteiger partial charge is 0.557 e. The zero-order chi connectivity index (χ0) is 5.54. The first-order valence-corrected chi connectivity index (χ1v) is 5.41. The number of nitrogens with zero attached hydrogens (tertiary/aromatic N) is 1. The van der Waals surface area contributed by atoms with Crippen LogP contribution in [0.25, 0.3) is 0 Å². The summed E-state index contributed by atoms with van der Waals surface area (Å²) >= 11 is 0.847. The van der Waals surface area contributed by atoms with E-state index in [4.69, 9.17) is 9.69 Å². The summed E-state index contributed by atoms with van der Waals surface area (Å²) in [5.74, 6) is 0. The summed E-state index contributed by atoms with van der Waals surface area (Å²) in [6.07, 6.45) is 5.15. The van der Waals surface area contributed by atoms with Crippen LogP contribution in [0.15, 0.2) is 17.1 Å². The number of oxazole rings is 1. The molecule has 0 radical (unpaired) electrons. The molecule has 0 atom stereocenters. The molecule has 2 nitrogen and oxygen atoms in total. The van der Waals surface area contributed by atoms with E-state index in [2.05, 4.69) is 15.6 Å². The molecular weight excluding hydrogens is 167 g/mol. The first-order chi connectivity index (χ1) is 3.50. The predicted molar refractivity (Wildman–Crippen MR) is 21.2 cm³/mol. The van der Waals surface area contributed by atoms with Crippen LogP contribution >= 0.6 is 9.69 Å². The third-order valence-electron chi connectivity index (χ3n) is 0.309. The van der Waals surface area contributed by atoms with Gasteiger partial charge in [-0.2, -0.15) is 0 Å². The van der Waals surface area contributed by atoms with Crippen molar-refractivity contribution >= 4 is 9.69 Å². The fourth-order valence-electron chi connectivity index (χ4n) is 0.152. The van der Waals surface area contributed by atoms with Gasteiger partial charge in [-0.15, -0.1) is 6.20 Å². The molecule has 0 aliphatic rings. The van der Waals surface area contributed by atoms with Crippen molar-refractivity contribution in [3.8, 4) is 0 Å². The van der Waals surface area contributed by atoms with Crippen molar-refractivity contribution in [2.24, 2.45) is 0 Å². The minimum Gasteiger partial charge on any atom is -0.557 e. The van der Waals surface area contributed by atoms with Crippen LogP contribution in [0.4, 0.5) is 0 Å². The number of halogens is 1. The minimum atomic E-state index is 0.847. The van der Waals surface area contributed by atoms with Crippen LogP contribution in [0.1, 0.15) is 0 Å². The van der Waals surface area contributed by atoms with Crippen molar-refractivity contribution in [2.75, 3.05) is 0 Å². The molecule has 0 saturated carbocycles. The Balaban J connectivity index is 0.000000162. The van der Waals surface area contributed by atoms with E-state index in [9.17, 15) is 0 Å². The average Bonchev–Trinajstić information content (AvgIpc) is 2.23. The molecule has 0 unspecified atom stereocenters. The van der Waals surface area contributed by atoms with Gasteiger partial charge in [0.15, 0.2) is 0 Å². The molecule has 0 aliphatic heterocycles. The maximum atomic E-state index is 4.76. The number of rotatable bonds is 0. The molecule has 0 fully saturated rings. The summed E-state index contributed by atoms with van der Waals surface area (Å²) in [5.41, 5.74) is 0. The maximum Gasteiger partial charge on any atom is 0.0217 e. The van der Waals surface area contributed by atoms with Crippen molar-refractivity contribution in [3.05, 3.63) is 18.9 Å². The second kappa shape index (κ2) is 6.12. The van der Waals surface area contributed by atoms with Gasteiger partial charge in [0.25, 0.3) is 0 Å². The van der Waals surface area contributed by atoms with Crippen LogP contribution in [0.5, 0.6) is 0 Å². The molecule has 1 aromatic heterocycles. The molecule has 1 aromatic rings. The van der Waals surface area contributed by atoms with Gasteiger partial charge < -0.3 is 9.40 Å². The Morgan fingerprint density at radius 3 is 2.57 bits per heavy atom. The predicted octanol–water partition coefficient (Wildman–Crippen LogP) is 1.16. The van der Waals surface area contributed by atoms with Crippen molar-refractivity contribution in [1.82, 2.24) is 4.98 Å². The fraction of sp³-hybridized carbons (Fsp3) is 0. The molecule has 1 heterocycles. The average molecular weight is 169 g/mol. The molecule has 34 valence electrons. The van der Waals surface area contributed by atoms with Crippen LogP contribution in [-0.4, -0.2) is 4.98 Å². The molecule has 7 heavy (non-hydrogen) atoms. The van der Waals surface area contributed by atoms with Gasteiger partial charge in [0.05, 0.1) is 0 Å². The zero-order valence-electron chi connectivity index (χ0n) is 3.60. The third kappa shape index (κ3) is 3.97. The van der Waals surface area contributed by atoms with Gasteiger partial charge in [0, 0.05) is 6.39 Å². The van der Waals surface area contributed by atoms with E-state index >= 15 is 0 Å². The van der Waals surface area contributed by atoms with E-state index < -0.39 is 0 Å². The Morgan fingerprint density at radius 1 is 1.71 bits per heavy atom. The van der Waals surface area contributed by atoms with Crippen molar-refractivity contribution in [3.63, 3.8) is 0 Å². The van der Waals surface area contributed by atoms with Gasteiger partial charge in [0.2, 0.25) is 0 Å². The standard InChI is InChI=1S/C3H2NO.ClH.Zn/c1-2-5-3-4-1;;/h2-3H;1H;/q-1;;+2/p-1. The summed E-state index contributed by atoms with van der Waals surface area (Å²) in [5, 5.41) is 0. The number of hydrogen-bond acceptors (Lipinski definition) is 2. The normalized spacial score (nSPS) is 6.71. The third-order valence-corrected chi connectivity index (χ3v) is 0.309. The molecule has 4 heteroatoms. The summed E-state index contributed by atoms with van der Waals surface area (Å²) in [7, 11) is 4.76. The Labute approximate surface area is 55.6 Å². The Kier molecular flexibility index (Phi) is 6.23. The van der Waals surface area contributed by atoms with E-state index in [1.165, 1.54) is 12.7 Å². The number of aromatic nitrogens is 1. The molecule has 0 aromatic carbocycles. The first kappa shape index (κ1) is 7.12. The van der Waals surface area contributed by atoms with Gasteiger partial charge in [-0.05, 0) is 6.26 Å². The second-order valence-electron chi connectivity index (χ2n) is 0.618. The van der Waals surface area contributed by atoms with Crippen molar-refractivity contribution < 1.29 is 21.7 Å². The molecular formula is C3H2ClNOZn. The van der Waals surface area contributed by atoms with E-state index in [1.807, 2.05) is 0 Å². The first-order valence-electron chi connectivity index (χ1n) is 1.51. The van der Waals surface area contributed by atoms with Crippen molar-refractivity contribution in [2.45, 2.75) is 0 Å². The molecule has 0 bridgehead atoms. The summed E-state index contributed by atoms with van der Waals surface area (Å²) in [6.45, 7) is 0. The van der Waals surface area contributed by atoms with Crippen LogP contribution in [0.3, 0.4) is 0 Å². The molecule has 0 amide bonds. The van der Waals surface area contributed by atoms with Gasteiger partial charge in [0.1, 0.15) is 0 Å². The quantitative estimate of drug-likeness (QED) is 0.430. The van der Waals surface area contributed by atoms with E-state index in [1.54, 1.807) is 0 Å². The molecule has 1 rings (SSSR count). The van der Waals surface area contributed by atoms with Crippen LogP contribution in [0, 0.1) is 6.20 Å². The van der Waals surface area contributed by atoms with E-state index in [0.717, 1.165) is 17.3 Å². The molecule has 0 N–H and O–H groups in total. The van der Waals surface area contributed by atoms with Crippen LogP contribution in [0.2, 0.25) is 0 Å². The van der Waals surface area contributed by atoms with Gasteiger partial charge >= 0.3 is 27.0 Å². The van der Waals surface area contributed by atoms with Crippen molar-refractivity contribution in [1.29, 1.82) is 0 Å². The Bertz CT molecular complexity index is 71.4. The SMILES string of the molecule is [Cl][Zn+].[c-]1cocn1. The monoisotopic (exact) mass is 167 g/mol. The molecule has 0 spiro atoms. The fourth-order valence-corrected chi connectivity index (χ4v) is 0.152. The van der Waals surface area contributed by atoms with Gasteiger partial charge in [-0.25, -0.2) is 0 Å².